The molecule has 0 bridgehead atoms. The molecule has 3 aromatic heterocycles. The van der Waals surface area contributed by atoms with Crippen molar-refractivity contribution in [2.75, 3.05) is 24.7 Å². The first-order chi connectivity index (χ1) is 21.6. The van der Waals surface area contributed by atoms with E-state index in [0.717, 1.165) is 23.3 Å². The van der Waals surface area contributed by atoms with Gasteiger partial charge in [-0.3, -0.25) is 14.5 Å². The maximum absolute atomic E-state index is 13.8. The lowest BCUT2D eigenvalue weighted by atomic mass is 9.96. The van der Waals surface area contributed by atoms with Gasteiger partial charge in [-0.15, -0.1) is 0 Å². The number of benzene rings is 1. The number of nitrogens with zero attached hydrogens (tertiary/aromatic N) is 4. The molecule has 4 heterocycles. The Balaban J connectivity index is 1.73. The van der Waals surface area contributed by atoms with Gasteiger partial charge in [0.1, 0.15) is 22.8 Å². The van der Waals surface area contributed by atoms with Gasteiger partial charge < -0.3 is 23.7 Å². The van der Waals surface area contributed by atoms with Gasteiger partial charge in [-0.1, -0.05) is 43.0 Å². The molecule has 1 atom stereocenters. The Kier molecular flexibility index (Phi) is 9.05. The summed E-state index contributed by atoms with van der Waals surface area (Å²) < 4.78 is 18.8. The van der Waals surface area contributed by atoms with Gasteiger partial charge in [-0.05, 0) is 63.4 Å². The Morgan fingerprint density at radius 1 is 1.11 bits per heavy atom. The molecular formula is C33H34N4O7S. The van der Waals surface area contributed by atoms with Crippen LogP contribution in [0.5, 0.6) is 11.5 Å². The van der Waals surface area contributed by atoms with E-state index in [9.17, 15) is 19.5 Å². The number of amides is 1. The highest BCUT2D eigenvalue weighted by Crippen LogP contribution is 2.46. The highest BCUT2D eigenvalue weighted by atomic mass is 32.1. The van der Waals surface area contributed by atoms with Gasteiger partial charge in [0.2, 0.25) is 0 Å². The molecular weight excluding hydrogens is 596 g/mol. The molecule has 5 rings (SSSR count). The van der Waals surface area contributed by atoms with Crippen molar-refractivity contribution in [1.82, 2.24) is 14.4 Å². The van der Waals surface area contributed by atoms with Gasteiger partial charge in [-0.2, -0.15) is 0 Å². The Labute approximate surface area is 264 Å². The van der Waals surface area contributed by atoms with Gasteiger partial charge in [0.25, 0.3) is 5.78 Å². The maximum Gasteiger partial charge on any atom is 0.350 e. The number of rotatable bonds is 11. The predicted octanol–water partition coefficient (Wildman–Crippen LogP) is 5.87. The number of aryl methyl sites for hydroxylation is 3. The molecule has 1 aliphatic rings. The number of hydrogen-bond acceptors (Lipinski definition) is 10. The van der Waals surface area contributed by atoms with Crippen molar-refractivity contribution in [3.63, 3.8) is 0 Å². The molecule has 1 aromatic carbocycles. The van der Waals surface area contributed by atoms with E-state index in [1.54, 1.807) is 32.0 Å². The Hall–Kier alpha value is -4.97. The second-order valence-electron chi connectivity index (χ2n) is 10.4. The minimum atomic E-state index is -1.13. The number of carbonyl (C=O) groups is 3. The van der Waals surface area contributed by atoms with E-state index in [1.165, 1.54) is 11.0 Å². The molecule has 1 fully saturated rings. The summed E-state index contributed by atoms with van der Waals surface area (Å²) in [6, 6.07) is 7.73. The van der Waals surface area contributed by atoms with Gasteiger partial charge in [-0.25, -0.2) is 14.8 Å². The SMILES string of the molecule is C=CCOC(=O)c1sc(N2C(=O)C(=O)C(=C(O)c3nc4c(C)cccn4c3C)C2c2ccc(OCCC)c(OCC)c2)nc1C. The molecule has 1 amide bonds. The van der Waals surface area contributed by atoms with Crippen LogP contribution >= 0.6 is 11.3 Å². The zero-order valence-corrected chi connectivity index (χ0v) is 26.6. The van der Waals surface area contributed by atoms with Crippen LogP contribution in [0, 0.1) is 20.8 Å². The van der Waals surface area contributed by atoms with Crippen molar-refractivity contribution in [2.45, 2.75) is 47.1 Å². The first-order valence-corrected chi connectivity index (χ1v) is 15.3. The summed E-state index contributed by atoms with van der Waals surface area (Å²) in [5, 5.41) is 11.9. The number of aliphatic hydroxyl groups excluding tert-OH is 1. The summed E-state index contributed by atoms with van der Waals surface area (Å²) in [5.41, 5.74) is 2.86. The number of fused-ring (bicyclic) bond motifs is 1. The second kappa shape index (κ2) is 12.9. The number of thiazole rings is 1. The standard InChI is InChI=1S/C33H34N4O7S/c1-7-15-43-22-13-12-21(17-23(22)42-9-3)26-24(27(38)25-20(6)36-14-10-11-18(4)30(36)35-25)28(39)31(40)37(26)33-34-19(5)29(45-33)32(41)44-16-8-2/h8,10-14,17,26,38H,2,7,9,15-16H2,1,3-6H3. The molecule has 0 spiro atoms. The fraction of sp³-hybridized carbons (Fsp3) is 0.303. The summed E-state index contributed by atoms with van der Waals surface area (Å²) in [7, 11) is 0. The first-order valence-electron chi connectivity index (χ1n) is 14.5. The molecule has 1 saturated heterocycles. The van der Waals surface area contributed by atoms with Crippen LogP contribution in [-0.2, 0) is 14.3 Å². The number of hydrogen-bond donors (Lipinski definition) is 1. The zero-order valence-electron chi connectivity index (χ0n) is 25.7. The molecule has 234 valence electrons. The summed E-state index contributed by atoms with van der Waals surface area (Å²) in [4.78, 5) is 50.9. The highest BCUT2D eigenvalue weighted by molar-refractivity contribution is 7.17. The fourth-order valence-electron chi connectivity index (χ4n) is 5.19. The van der Waals surface area contributed by atoms with Crippen LogP contribution in [0.3, 0.4) is 0 Å². The van der Waals surface area contributed by atoms with Crippen molar-refractivity contribution in [3.8, 4) is 11.5 Å². The number of carbonyl (C=O) groups excluding carboxylic acids is 3. The number of anilines is 1. The van der Waals surface area contributed by atoms with E-state index < -0.39 is 29.5 Å². The third kappa shape index (κ3) is 5.68. The monoisotopic (exact) mass is 630 g/mol. The summed E-state index contributed by atoms with van der Waals surface area (Å²) >= 11 is 0.920. The normalized spacial score (nSPS) is 15.9. The number of Topliss-reactive ketones (excluding diaryl/α,β-unsaturated/α-hetero) is 1. The van der Waals surface area contributed by atoms with Gasteiger partial charge >= 0.3 is 11.9 Å². The van der Waals surface area contributed by atoms with E-state index in [4.69, 9.17) is 14.2 Å². The quantitative estimate of drug-likeness (QED) is 0.0710. The Bertz CT molecular complexity index is 1850. The molecule has 1 N–H and O–H groups in total. The number of pyridine rings is 1. The molecule has 45 heavy (non-hydrogen) atoms. The average molecular weight is 631 g/mol. The van der Waals surface area contributed by atoms with Gasteiger partial charge in [0, 0.05) is 6.20 Å². The van der Waals surface area contributed by atoms with Crippen molar-refractivity contribution in [2.24, 2.45) is 0 Å². The number of ether oxygens (including phenoxy) is 3. The lowest BCUT2D eigenvalue weighted by molar-refractivity contribution is -0.132. The third-order valence-corrected chi connectivity index (χ3v) is 8.44. The Morgan fingerprint density at radius 3 is 2.58 bits per heavy atom. The van der Waals surface area contributed by atoms with E-state index in [2.05, 4.69) is 16.5 Å². The topological polar surface area (TPSA) is 133 Å². The zero-order chi connectivity index (χ0) is 32.4. The molecule has 11 nitrogen and oxygen atoms in total. The third-order valence-electron chi connectivity index (χ3n) is 7.31. The smallest absolute Gasteiger partial charge is 0.350 e. The molecule has 0 aliphatic carbocycles. The fourth-order valence-corrected chi connectivity index (χ4v) is 6.18. The number of imidazole rings is 1. The molecule has 1 aliphatic heterocycles. The van der Waals surface area contributed by atoms with E-state index >= 15 is 0 Å². The lowest BCUT2D eigenvalue weighted by Gasteiger charge is -2.24. The van der Waals surface area contributed by atoms with Crippen LogP contribution in [0.1, 0.15) is 64.2 Å². The summed E-state index contributed by atoms with van der Waals surface area (Å²) in [6.45, 7) is 13.5. The largest absolute Gasteiger partial charge is 0.505 e. The van der Waals surface area contributed by atoms with E-state index in [-0.39, 0.29) is 27.9 Å². The van der Waals surface area contributed by atoms with E-state index in [0.29, 0.717) is 47.3 Å². The number of ketones is 1. The van der Waals surface area contributed by atoms with Gasteiger partial charge in [0.05, 0.1) is 36.2 Å². The first kappa shape index (κ1) is 31.5. The minimum Gasteiger partial charge on any atom is -0.505 e. The van der Waals surface area contributed by atoms with Crippen LogP contribution in [0.15, 0.2) is 54.8 Å². The molecule has 0 saturated carbocycles. The summed E-state index contributed by atoms with van der Waals surface area (Å²) in [5.74, 6) is -1.97. The van der Waals surface area contributed by atoms with Gasteiger partial charge in [0.15, 0.2) is 22.4 Å². The second-order valence-corrected chi connectivity index (χ2v) is 11.4. The number of aromatic nitrogens is 3. The lowest BCUT2D eigenvalue weighted by Crippen LogP contribution is -2.29. The molecule has 12 heteroatoms. The van der Waals surface area contributed by atoms with Crippen molar-refractivity contribution < 1.29 is 33.7 Å². The number of esters is 1. The van der Waals surface area contributed by atoms with Crippen LogP contribution in [0.25, 0.3) is 11.4 Å². The number of aliphatic hydroxyl groups is 1. The van der Waals surface area contributed by atoms with Crippen LogP contribution in [-0.4, -0.2) is 57.0 Å². The highest BCUT2D eigenvalue weighted by Gasteiger charge is 2.49. The minimum absolute atomic E-state index is 0.000511. The molecule has 1 unspecified atom stereocenters. The predicted molar refractivity (Wildman–Crippen MR) is 170 cm³/mol. The molecule has 4 aromatic rings. The Morgan fingerprint density at radius 2 is 1.89 bits per heavy atom. The maximum atomic E-state index is 13.8. The van der Waals surface area contributed by atoms with Crippen molar-refractivity contribution >= 4 is 45.5 Å². The van der Waals surface area contributed by atoms with Crippen molar-refractivity contribution in [1.29, 1.82) is 0 Å². The molecule has 0 radical (unpaired) electrons. The van der Waals surface area contributed by atoms with E-state index in [1.807, 2.05) is 43.5 Å². The van der Waals surface area contributed by atoms with Crippen LogP contribution in [0.4, 0.5) is 5.13 Å². The van der Waals surface area contributed by atoms with Crippen LogP contribution in [0.2, 0.25) is 0 Å². The summed E-state index contributed by atoms with van der Waals surface area (Å²) in [6.07, 6.45) is 4.04. The van der Waals surface area contributed by atoms with Crippen molar-refractivity contribution in [3.05, 3.63) is 87.8 Å². The average Bonchev–Trinajstić information content (AvgIpc) is 3.66. The van der Waals surface area contributed by atoms with Crippen LogP contribution < -0.4 is 14.4 Å².